The fraction of sp³-hybridized carbons (Fsp3) is 0.500. The van der Waals surface area contributed by atoms with Crippen LogP contribution in [-0.2, 0) is 262 Å². The molecule has 0 aliphatic rings. The molecule has 0 rings (SSSR count). The van der Waals surface area contributed by atoms with Gasteiger partial charge in [0.15, 0.2) is 0 Å². The second-order valence-corrected chi connectivity index (χ2v) is 0. The van der Waals surface area contributed by atoms with Crippen molar-refractivity contribution in [3.63, 3.8) is 0 Å². The van der Waals surface area contributed by atoms with Gasteiger partial charge in [-0.2, -0.15) is 0 Å². The van der Waals surface area contributed by atoms with Crippen LogP contribution in [0.1, 0.15) is 14.9 Å². The molecule has 0 spiro atoms. The summed E-state index contributed by atoms with van der Waals surface area (Å²) in [6, 6.07) is 0. The second-order valence-electron chi connectivity index (χ2n) is 0. The van der Waals surface area contributed by atoms with Crippen LogP contribution in [0.15, 0.2) is 0 Å². The molecule has 0 saturated carbocycles. The van der Waals surface area contributed by atoms with Gasteiger partial charge in [-0.3, -0.25) is 0 Å². The molecule has 0 N–H and O–H groups in total. The molecule has 12 heavy (non-hydrogen) atoms. The summed E-state index contributed by atoms with van der Waals surface area (Å²) in [6.45, 7) is 0. The molecule has 0 aromatic heterocycles. The molecule has 0 aliphatic heterocycles. The van der Waals surface area contributed by atoms with Crippen LogP contribution in [-0.4, -0.2) is 0 Å². The predicted molar refractivity (Wildman–Crippen MR) is 26.3 cm³/mol. The molecule has 0 unspecified atom stereocenters. The Morgan fingerprint density at radius 1 is 0.250 bits per heavy atom. The molecule has 0 atom stereocenters. The van der Waals surface area contributed by atoms with Crippen LogP contribution in [0.25, 0.3) is 0 Å². The Balaban J connectivity index is 0. The quantitative estimate of drug-likeness (QED) is 0.332. The summed E-state index contributed by atoms with van der Waals surface area (Å²) in [5.74, 6) is 0. The fourth-order valence-corrected chi connectivity index (χ4v) is 0. The van der Waals surface area contributed by atoms with E-state index in [1.807, 2.05) is 0 Å². The van der Waals surface area contributed by atoms with E-state index in [0.29, 0.717) is 0 Å². The Hall–Kier alpha value is 8.83. The van der Waals surface area contributed by atoms with E-state index < -0.39 is 0 Å². The summed E-state index contributed by atoms with van der Waals surface area (Å²) in [6.07, 6.45) is 0. The first-order valence-electron chi connectivity index (χ1n) is 0. The molecule has 0 saturated heterocycles. The molecule has 8 radical (unpaired) electrons. The summed E-state index contributed by atoms with van der Waals surface area (Å²) in [5, 5.41) is 0. The third-order valence-electron chi connectivity index (χ3n) is 0. The average molecular weight is 773 g/mol. The van der Waals surface area contributed by atoms with Crippen molar-refractivity contribution in [1.82, 2.24) is 0 Å². The first-order valence-corrected chi connectivity index (χ1v) is 0. The summed E-state index contributed by atoms with van der Waals surface area (Å²) < 4.78 is 0. The van der Waals surface area contributed by atoms with Crippen molar-refractivity contribution in [3.05, 3.63) is 14.9 Å². The van der Waals surface area contributed by atoms with Crippen LogP contribution in [0.4, 0.5) is 0 Å². The van der Waals surface area contributed by atoms with Crippen molar-refractivity contribution in [2.45, 2.75) is 14.9 Å². The van der Waals surface area contributed by atoms with E-state index in [0.717, 1.165) is 0 Å². The molecular weight excluding hydrogens is 759 g/mol. The zero-order valence-corrected chi connectivity index (χ0v) is 29.3. The van der Waals surface area contributed by atoms with Crippen LogP contribution < -0.4 is 0 Å². The van der Waals surface area contributed by atoms with Crippen LogP contribution >= 0.6 is 0 Å². The smallest absolute Gasteiger partial charge is 0 e. The molecule has 8 heteroatoms. The monoisotopic (exact) mass is 773 g/mol. The normalized spacial score (nSPS) is 0. The van der Waals surface area contributed by atoms with Gasteiger partial charge in [0.25, 0.3) is 0 Å². The van der Waals surface area contributed by atoms with Gasteiger partial charge in [-0.1, -0.05) is 14.9 Å². The van der Waals surface area contributed by atoms with Crippen LogP contribution in [0.2, 0.25) is 0 Å². The molecule has 0 bridgehead atoms. The molecule has 0 heterocycles. The van der Waals surface area contributed by atoms with Crippen molar-refractivity contribution in [1.29, 1.82) is 0 Å². The maximum Gasteiger partial charge on any atom is 0 e. The minimum atomic E-state index is 0. The summed E-state index contributed by atoms with van der Waals surface area (Å²) in [4.78, 5) is 0. The van der Waals surface area contributed by atoms with Gasteiger partial charge in [0, 0.05) is 262 Å². The number of hydrogen-bond donors (Lipinski definition) is 0. The van der Waals surface area contributed by atoms with Crippen molar-refractivity contribution >= 4 is 0 Å². The minimum Gasteiger partial charge on any atom is -0.358 e. The third kappa shape index (κ3) is 76.8. The van der Waals surface area contributed by atoms with Gasteiger partial charge < -0.3 is 14.9 Å². The molecule has 0 amide bonds. The zero-order chi connectivity index (χ0) is 0. The molecule has 0 fully saturated rings. The molecule has 0 nitrogen and oxygen atoms in total. The summed E-state index contributed by atoms with van der Waals surface area (Å²) >= 11 is 0. The van der Waals surface area contributed by atoms with Crippen LogP contribution in [0, 0.1) is 14.9 Å². The SMILES string of the molecule is C.C.[CH3-].[CH3-].[Y].[Y].[Y].[Y].[Y].[Y].[Y].[Y]. The largest absolute Gasteiger partial charge is 0.358 e. The van der Waals surface area contributed by atoms with Crippen LogP contribution in [0.3, 0.4) is 0 Å². The molecular formula is C4H14Y8-2. The standard InChI is InChI=1S/2CH4.2CH3.8Y/h2*1H4;2*1H3;;;;;;;;/q;;2*-1;;;;;;;;. The number of hydrogen-bond acceptors (Lipinski definition) is 0. The van der Waals surface area contributed by atoms with E-state index in [4.69, 9.17) is 0 Å². The van der Waals surface area contributed by atoms with E-state index in [1.165, 1.54) is 0 Å². The summed E-state index contributed by atoms with van der Waals surface area (Å²) in [5.41, 5.74) is 0. The topological polar surface area (TPSA) is 0 Å². The average Bonchev–Trinajstić information content (AvgIpc) is 0. The van der Waals surface area contributed by atoms with Gasteiger partial charge in [-0.05, 0) is 0 Å². The second kappa shape index (κ2) is 90.2. The van der Waals surface area contributed by atoms with Gasteiger partial charge >= 0.3 is 0 Å². The van der Waals surface area contributed by atoms with Crippen molar-refractivity contribution in [2.24, 2.45) is 0 Å². The first-order chi connectivity index (χ1) is 0. The van der Waals surface area contributed by atoms with Gasteiger partial charge in [-0.25, -0.2) is 0 Å². The Morgan fingerprint density at radius 3 is 0.250 bits per heavy atom. The zero-order valence-electron chi connectivity index (χ0n) is 6.62. The predicted octanol–water partition coefficient (Wildman–Crippen LogP) is 2.15. The molecule has 0 aromatic carbocycles. The fourth-order valence-electron chi connectivity index (χ4n) is 0. The van der Waals surface area contributed by atoms with E-state index in [9.17, 15) is 0 Å². The third-order valence-corrected chi connectivity index (χ3v) is 0. The maximum absolute atomic E-state index is 0. The van der Waals surface area contributed by atoms with Gasteiger partial charge in [-0.15, -0.1) is 0 Å². The number of rotatable bonds is 0. The van der Waals surface area contributed by atoms with Gasteiger partial charge in [0.05, 0.1) is 0 Å². The van der Waals surface area contributed by atoms with Crippen molar-refractivity contribution in [3.8, 4) is 0 Å². The van der Waals surface area contributed by atoms with Gasteiger partial charge in [0.2, 0.25) is 0 Å². The van der Waals surface area contributed by atoms with Gasteiger partial charge in [0.1, 0.15) is 0 Å². The van der Waals surface area contributed by atoms with Crippen LogP contribution in [0.5, 0.6) is 0 Å². The molecule has 0 aromatic rings. The summed E-state index contributed by atoms with van der Waals surface area (Å²) in [7, 11) is 0. The van der Waals surface area contributed by atoms with E-state index in [-0.39, 0.29) is 291 Å². The Labute approximate surface area is 282 Å². The van der Waals surface area contributed by atoms with Crippen molar-refractivity contribution < 1.29 is 262 Å². The Morgan fingerprint density at radius 2 is 0.250 bits per heavy atom. The molecule has 56 valence electrons. The van der Waals surface area contributed by atoms with E-state index >= 15 is 0 Å². The molecule has 0 aliphatic carbocycles. The van der Waals surface area contributed by atoms with Crippen molar-refractivity contribution in [2.75, 3.05) is 0 Å². The minimum absolute atomic E-state index is 0. The maximum atomic E-state index is 0. The van der Waals surface area contributed by atoms with E-state index in [2.05, 4.69) is 0 Å². The van der Waals surface area contributed by atoms with E-state index in [1.54, 1.807) is 0 Å². The first kappa shape index (κ1) is 105. The Kier molecular flexibility index (Phi) is 789. The Bertz CT molecular complexity index is 11.0.